The maximum atomic E-state index is 14.4. The maximum absolute atomic E-state index is 14.4. The van der Waals surface area contributed by atoms with Gasteiger partial charge in [0.1, 0.15) is 22.2 Å². The molecule has 1 aliphatic heterocycles. The van der Waals surface area contributed by atoms with E-state index in [4.69, 9.17) is 26.4 Å². The Balaban J connectivity index is 1.71. The summed E-state index contributed by atoms with van der Waals surface area (Å²) in [5.41, 5.74) is 12.1. The van der Waals surface area contributed by atoms with E-state index < -0.39 is 27.1 Å². The molecule has 204 valence electrons. The van der Waals surface area contributed by atoms with E-state index in [0.717, 1.165) is 24.8 Å². The van der Waals surface area contributed by atoms with E-state index in [1.165, 1.54) is 13.2 Å². The number of hydrogen-bond donors (Lipinski definition) is 3. The number of nitrogens with one attached hydrogen (secondary N) is 1. The maximum Gasteiger partial charge on any atom is 0.254 e. The number of carbonyl (C=O) groups is 2. The van der Waals surface area contributed by atoms with Crippen molar-refractivity contribution in [2.75, 3.05) is 44.6 Å². The molecule has 1 saturated heterocycles. The molecular formula is C26H31FN4O6S. The Morgan fingerprint density at radius 1 is 1.18 bits per heavy atom. The molecule has 0 unspecified atom stereocenters. The number of amides is 1. The van der Waals surface area contributed by atoms with E-state index in [-0.39, 0.29) is 53.6 Å². The van der Waals surface area contributed by atoms with Crippen molar-refractivity contribution >= 4 is 38.6 Å². The molecule has 0 spiro atoms. The number of benzene rings is 2. The molecule has 38 heavy (non-hydrogen) atoms. The number of likely N-dealkylation sites (tertiary alicyclic amines) is 1. The van der Waals surface area contributed by atoms with E-state index in [1.807, 2.05) is 0 Å². The van der Waals surface area contributed by atoms with Crippen LogP contribution in [0.4, 0.5) is 10.1 Å². The second-order valence-electron chi connectivity index (χ2n) is 9.01. The Bertz CT molecular complexity index is 1360. The predicted octanol–water partition coefficient (Wildman–Crippen LogP) is 2.02. The van der Waals surface area contributed by atoms with Crippen LogP contribution in [-0.4, -0.2) is 75.6 Å². The number of rotatable bonds is 11. The summed E-state index contributed by atoms with van der Waals surface area (Å²) in [6, 6.07) is 7.98. The van der Waals surface area contributed by atoms with Crippen LogP contribution < -0.4 is 16.2 Å². The lowest BCUT2D eigenvalue weighted by molar-refractivity contribution is -0.108. The van der Waals surface area contributed by atoms with Crippen molar-refractivity contribution in [3.8, 4) is 5.75 Å². The molecule has 0 radical (unpaired) electrons. The highest BCUT2D eigenvalue weighted by atomic mass is 32.2. The minimum Gasteiger partial charge on any atom is -0.488 e. The van der Waals surface area contributed by atoms with Gasteiger partial charge in [-0.15, -0.1) is 0 Å². The van der Waals surface area contributed by atoms with Crippen LogP contribution in [0.3, 0.4) is 0 Å². The molecule has 0 aliphatic carbocycles. The van der Waals surface area contributed by atoms with Crippen LogP contribution in [0.5, 0.6) is 5.75 Å². The van der Waals surface area contributed by atoms with Gasteiger partial charge in [0.05, 0.1) is 12.4 Å². The Hall–Kier alpha value is -3.77. The van der Waals surface area contributed by atoms with Gasteiger partial charge >= 0.3 is 0 Å². The van der Waals surface area contributed by atoms with Crippen LogP contribution in [0.25, 0.3) is 5.70 Å². The van der Waals surface area contributed by atoms with Gasteiger partial charge in [0.25, 0.3) is 5.91 Å². The minimum absolute atomic E-state index is 0.0110. The van der Waals surface area contributed by atoms with Gasteiger partial charge in [-0.2, -0.15) is 0 Å². The van der Waals surface area contributed by atoms with Gasteiger partial charge in [-0.3, -0.25) is 15.0 Å². The lowest BCUT2D eigenvalue weighted by Gasteiger charge is -2.24. The summed E-state index contributed by atoms with van der Waals surface area (Å²) in [6.07, 6.45) is 3.53. The van der Waals surface area contributed by atoms with Crippen molar-refractivity contribution in [1.82, 2.24) is 4.90 Å². The van der Waals surface area contributed by atoms with Crippen LogP contribution in [0, 0.1) is 11.2 Å². The molecule has 12 heteroatoms. The second-order valence-corrected chi connectivity index (χ2v) is 11.2. The first-order chi connectivity index (χ1) is 17.9. The van der Waals surface area contributed by atoms with Crippen molar-refractivity contribution in [2.45, 2.75) is 18.9 Å². The number of halogens is 1. The van der Waals surface area contributed by atoms with Gasteiger partial charge in [-0.1, -0.05) is 12.1 Å². The molecule has 5 N–H and O–H groups in total. The summed E-state index contributed by atoms with van der Waals surface area (Å²) in [6.45, 7) is 0.825. The molecule has 2 aromatic carbocycles. The van der Waals surface area contributed by atoms with Crippen LogP contribution in [0.1, 0.15) is 34.3 Å². The molecule has 2 aromatic rings. The van der Waals surface area contributed by atoms with Gasteiger partial charge in [0.2, 0.25) is 5.78 Å². The minimum atomic E-state index is -3.23. The predicted molar refractivity (Wildman–Crippen MR) is 142 cm³/mol. The smallest absolute Gasteiger partial charge is 0.254 e. The van der Waals surface area contributed by atoms with Crippen molar-refractivity contribution in [2.24, 2.45) is 5.73 Å². The van der Waals surface area contributed by atoms with Crippen molar-refractivity contribution in [3.05, 3.63) is 65.0 Å². The number of methoxy groups -OCH3 is 1. The van der Waals surface area contributed by atoms with Gasteiger partial charge in [-0.25, -0.2) is 12.8 Å². The molecule has 0 aromatic heterocycles. The number of nitrogens with zero attached hydrogens (tertiary/aromatic N) is 1. The number of hydrogen-bond acceptors (Lipinski definition) is 9. The largest absolute Gasteiger partial charge is 0.488 e. The average molecular weight is 547 g/mol. The highest BCUT2D eigenvalue weighted by molar-refractivity contribution is 7.90. The Labute approximate surface area is 220 Å². The average Bonchev–Trinajstić information content (AvgIpc) is 3.31. The summed E-state index contributed by atoms with van der Waals surface area (Å²) in [7, 11) is -1.76. The molecule has 1 amide bonds. The van der Waals surface area contributed by atoms with Gasteiger partial charge in [-0.05, 0) is 36.6 Å². The lowest BCUT2D eigenvalue weighted by Crippen LogP contribution is -2.39. The summed E-state index contributed by atoms with van der Waals surface area (Å²) >= 11 is 0. The van der Waals surface area contributed by atoms with Gasteiger partial charge in [0, 0.05) is 60.6 Å². The molecule has 0 bridgehead atoms. The van der Waals surface area contributed by atoms with E-state index in [9.17, 15) is 22.4 Å². The van der Waals surface area contributed by atoms with Crippen molar-refractivity contribution in [3.63, 3.8) is 0 Å². The Morgan fingerprint density at radius 3 is 2.47 bits per heavy atom. The fourth-order valence-electron chi connectivity index (χ4n) is 4.16. The fraction of sp³-hybridized carbons (Fsp3) is 0.346. The lowest BCUT2D eigenvalue weighted by atomic mass is 10.0. The number of nitrogens with two attached hydrogens (primary N) is 2. The zero-order chi connectivity index (χ0) is 28.0. The summed E-state index contributed by atoms with van der Waals surface area (Å²) < 4.78 is 47.9. The summed E-state index contributed by atoms with van der Waals surface area (Å²) in [4.78, 5) is 27.2. The molecule has 1 fully saturated rings. The quantitative estimate of drug-likeness (QED) is 0.167. The topological polar surface area (TPSA) is 166 Å². The third-order valence-corrected chi connectivity index (χ3v) is 7.04. The van der Waals surface area contributed by atoms with E-state index >= 15 is 0 Å². The van der Waals surface area contributed by atoms with E-state index in [1.54, 1.807) is 29.2 Å². The van der Waals surface area contributed by atoms with Crippen molar-refractivity contribution < 1.29 is 31.9 Å². The van der Waals surface area contributed by atoms with Gasteiger partial charge in [0.15, 0.2) is 11.6 Å². The summed E-state index contributed by atoms with van der Waals surface area (Å²) in [5.74, 6) is -2.06. The first-order valence-corrected chi connectivity index (χ1v) is 13.9. The van der Waals surface area contributed by atoms with E-state index in [2.05, 4.69) is 0 Å². The molecule has 1 atom stereocenters. The molecular weight excluding hydrogens is 515 g/mol. The standard InChI is InChI=1S/C26H31FN4O6S/c1-36-10-11-37-24-14-22(29)19(12-20(24)27)25(30)23(32)13-21(28)16-5-7-17(8-6-16)26(33)31-9-3-4-18(31)15-38(2,34)35/h5-8,12-14,18,30H,3-4,9-11,15,28-29H2,1-2H3/t18-/m0/s1. The molecule has 1 heterocycles. The molecule has 1 aliphatic rings. The third-order valence-electron chi connectivity index (χ3n) is 6.05. The number of nitrogen functional groups attached to an aromatic ring is 1. The van der Waals surface area contributed by atoms with Crippen LogP contribution >= 0.6 is 0 Å². The zero-order valence-electron chi connectivity index (χ0n) is 21.2. The van der Waals surface area contributed by atoms with E-state index in [0.29, 0.717) is 24.1 Å². The van der Waals surface area contributed by atoms with Crippen LogP contribution in [-0.2, 0) is 19.4 Å². The second kappa shape index (κ2) is 12.2. The number of ether oxygens (including phenoxy) is 2. The highest BCUT2D eigenvalue weighted by Crippen LogP contribution is 2.26. The first kappa shape index (κ1) is 28.8. The SMILES string of the molecule is COCCOc1cc(N)c(C(=N)C(=O)C=C(N)c2ccc(C(=O)N3CCC[C@H]3CS(C)(=O)=O)cc2)cc1F. The molecule has 3 rings (SSSR count). The summed E-state index contributed by atoms with van der Waals surface area (Å²) in [5, 5.41) is 8.18. The van der Waals surface area contributed by atoms with Gasteiger partial charge < -0.3 is 25.8 Å². The van der Waals surface area contributed by atoms with Crippen molar-refractivity contribution in [1.29, 1.82) is 5.41 Å². The molecule has 10 nitrogen and oxygen atoms in total. The number of anilines is 1. The Morgan fingerprint density at radius 2 is 1.84 bits per heavy atom. The normalized spacial score (nSPS) is 15.9. The molecule has 0 saturated carbocycles. The van der Waals surface area contributed by atoms with Crippen LogP contribution in [0.15, 0.2) is 42.5 Å². The zero-order valence-corrected chi connectivity index (χ0v) is 22.0. The van der Waals surface area contributed by atoms with Crippen LogP contribution in [0.2, 0.25) is 0 Å². The first-order valence-electron chi connectivity index (χ1n) is 11.8. The third kappa shape index (κ3) is 7.17. The fourth-order valence-corrected chi connectivity index (χ4v) is 5.20. The number of carbonyl (C=O) groups excluding carboxylic acids is 2. The monoisotopic (exact) mass is 546 g/mol. The number of ketones is 1. The highest BCUT2D eigenvalue weighted by Gasteiger charge is 2.31. The number of allylic oxidation sites excluding steroid dienone is 1. The Kier molecular flexibility index (Phi) is 9.23. The number of sulfone groups is 1.